The second-order valence-corrected chi connectivity index (χ2v) is 3.09. The smallest absolute Gasteiger partial charge is 0.218 e. The lowest BCUT2D eigenvalue weighted by Gasteiger charge is -2.11. The van der Waals surface area contributed by atoms with Gasteiger partial charge in [0.1, 0.15) is 12.1 Å². The number of nitriles is 2. The molecule has 4 heteroatoms. The summed E-state index contributed by atoms with van der Waals surface area (Å²) in [5, 5.41) is 17.0. The van der Waals surface area contributed by atoms with Crippen LogP contribution in [-0.2, 0) is 0 Å². The monoisotopic (exact) mass is 198 g/mol. The van der Waals surface area contributed by atoms with Crippen molar-refractivity contribution in [3.8, 4) is 12.1 Å². The Morgan fingerprint density at radius 2 is 1.67 bits per heavy atom. The quantitative estimate of drug-likeness (QED) is 0.681. The summed E-state index contributed by atoms with van der Waals surface area (Å²) in [4.78, 5) is 5.83. The van der Waals surface area contributed by atoms with E-state index in [1.165, 1.54) is 0 Å². The van der Waals surface area contributed by atoms with E-state index in [2.05, 4.69) is 4.99 Å². The van der Waals surface area contributed by atoms with Crippen molar-refractivity contribution < 1.29 is 0 Å². The Morgan fingerprint density at radius 1 is 1.13 bits per heavy atom. The number of anilines is 1. The molecule has 15 heavy (non-hydrogen) atoms. The van der Waals surface area contributed by atoms with Crippen molar-refractivity contribution in [3.63, 3.8) is 0 Å². The Hall–Kier alpha value is -2.33. The zero-order valence-electron chi connectivity index (χ0n) is 8.60. The Labute approximate surface area is 88.7 Å². The molecule has 0 bridgehead atoms. The van der Waals surface area contributed by atoms with Gasteiger partial charge in [-0.2, -0.15) is 10.5 Å². The topological polar surface area (TPSA) is 63.2 Å². The highest BCUT2D eigenvalue weighted by Crippen LogP contribution is 2.17. The maximum absolute atomic E-state index is 8.52. The highest BCUT2D eigenvalue weighted by Gasteiger charge is 1.97. The molecule has 74 valence electrons. The van der Waals surface area contributed by atoms with Crippen LogP contribution in [0.3, 0.4) is 0 Å². The lowest BCUT2D eigenvalue weighted by molar-refractivity contribution is 1.13. The Bertz CT molecular complexity index is 427. The molecule has 0 aromatic heterocycles. The molecule has 1 rings (SSSR count). The van der Waals surface area contributed by atoms with Crippen molar-refractivity contribution in [1.29, 1.82) is 10.5 Å². The maximum Gasteiger partial charge on any atom is 0.218 e. The van der Waals surface area contributed by atoms with E-state index in [9.17, 15) is 0 Å². The largest absolute Gasteiger partial charge is 0.378 e. The Balaban J connectivity index is 2.97. The summed E-state index contributed by atoms with van der Waals surface area (Å²) >= 11 is 0. The van der Waals surface area contributed by atoms with Crippen molar-refractivity contribution >= 4 is 17.1 Å². The first-order valence-electron chi connectivity index (χ1n) is 4.33. The van der Waals surface area contributed by atoms with Crippen LogP contribution in [0.25, 0.3) is 0 Å². The second kappa shape index (κ2) is 4.78. The van der Waals surface area contributed by atoms with Crippen LogP contribution in [0.4, 0.5) is 11.4 Å². The van der Waals surface area contributed by atoms with Gasteiger partial charge >= 0.3 is 0 Å². The predicted molar refractivity (Wildman–Crippen MR) is 59.1 cm³/mol. The fraction of sp³-hybridized carbons (Fsp3) is 0.182. The van der Waals surface area contributed by atoms with Gasteiger partial charge in [0.2, 0.25) is 5.71 Å². The number of hydrogen-bond donors (Lipinski definition) is 0. The van der Waals surface area contributed by atoms with Crippen LogP contribution in [0.15, 0.2) is 29.3 Å². The Morgan fingerprint density at radius 3 is 2.07 bits per heavy atom. The summed E-state index contributed by atoms with van der Waals surface area (Å²) in [5.74, 6) is 0. The molecule has 0 spiro atoms. The van der Waals surface area contributed by atoms with E-state index < -0.39 is 0 Å². The highest BCUT2D eigenvalue weighted by molar-refractivity contribution is 6.11. The predicted octanol–water partition coefficient (Wildman–Crippen LogP) is 1.87. The van der Waals surface area contributed by atoms with E-state index in [1.807, 2.05) is 31.1 Å². The van der Waals surface area contributed by atoms with Gasteiger partial charge < -0.3 is 4.90 Å². The first-order valence-corrected chi connectivity index (χ1v) is 4.33. The summed E-state index contributed by atoms with van der Waals surface area (Å²) in [7, 11) is 3.88. The molecule has 0 aliphatic heterocycles. The fourth-order valence-electron chi connectivity index (χ4n) is 1.03. The number of nitrogens with zero attached hydrogens (tertiary/aromatic N) is 4. The fourth-order valence-corrected chi connectivity index (χ4v) is 1.03. The van der Waals surface area contributed by atoms with Crippen LogP contribution in [0.2, 0.25) is 0 Å². The average molecular weight is 198 g/mol. The van der Waals surface area contributed by atoms with Gasteiger partial charge in [-0.05, 0) is 24.3 Å². The van der Waals surface area contributed by atoms with Gasteiger partial charge in [0.25, 0.3) is 0 Å². The minimum Gasteiger partial charge on any atom is -0.378 e. The summed E-state index contributed by atoms with van der Waals surface area (Å²) in [6.07, 6.45) is 0. The Kier molecular flexibility index (Phi) is 3.43. The van der Waals surface area contributed by atoms with Crippen LogP contribution >= 0.6 is 0 Å². The molecular formula is C11H10N4. The molecule has 0 N–H and O–H groups in total. The van der Waals surface area contributed by atoms with Gasteiger partial charge in [-0.3, -0.25) is 0 Å². The SMILES string of the molecule is CN(C)c1ccc(N=C(C#N)C#N)cc1. The zero-order chi connectivity index (χ0) is 11.3. The average Bonchev–Trinajstić information content (AvgIpc) is 2.26. The third-order valence-electron chi connectivity index (χ3n) is 1.82. The van der Waals surface area contributed by atoms with Crippen molar-refractivity contribution in [1.82, 2.24) is 0 Å². The number of benzene rings is 1. The van der Waals surface area contributed by atoms with Gasteiger partial charge in [0, 0.05) is 19.8 Å². The van der Waals surface area contributed by atoms with Crippen molar-refractivity contribution in [2.45, 2.75) is 0 Å². The normalized spacial score (nSPS) is 8.53. The third-order valence-corrected chi connectivity index (χ3v) is 1.82. The molecule has 1 aromatic carbocycles. The van der Waals surface area contributed by atoms with Crippen molar-refractivity contribution in [2.75, 3.05) is 19.0 Å². The standard InChI is InChI=1S/C11H10N4/c1-15(2)11-5-3-9(4-6-11)14-10(7-12)8-13/h3-6H,1-2H3. The third kappa shape index (κ3) is 2.82. The molecule has 0 aliphatic rings. The first kappa shape index (κ1) is 10.7. The molecule has 0 radical (unpaired) electrons. The molecule has 0 unspecified atom stereocenters. The van der Waals surface area contributed by atoms with E-state index in [0.717, 1.165) is 5.69 Å². The molecular weight excluding hydrogens is 188 g/mol. The summed E-state index contributed by atoms with van der Waals surface area (Å²) in [6.45, 7) is 0. The number of aliphatic imine (C=N–C) groups is 1. The zero-order valence-corrected chi connectivity index (χ0v) is 8.60. The highest BCUT2D eigenvalue weighted by atomic mass is 15.1. The molecule has 1 aromatic rings. The molecule has 0 saturated heterocycles. The van der Waals surface area contributed by atoms with Gasteiger partial charge in [-0.15, -0.1) is 0 Å². The molecule has 0 amide bonds. The second-order valence-electron chi connectivity index (χ2n) is 3.09. The van der Waals surface area contributed by atoms with Crippen molar-refractivity contribution in [3.05, 3.63) is 24.3 Å². The summed E-state index contributed by atoms with van der Waals surface area (Å²) in [5.41, 5.74) is 1.52. The van der Waals surface area contributed by atoms with Crippen LogP contribution in [0.5, 0.6) is 0 Å². The van der Waals surface area contributed by atoms with Crippen LogP contribution < -0.4 is 4.90 Å². The molecule has 4 nitrogen and oxygen atoms in total. The van der Waals surface area contributed by atoms with E-state index in [4.69, 9.17) is 10.5 Å². The van der Waals surface area contributed by atoms with Crippen LogP contribution in [-0.4, -0.2) is 19.8 Å². The molecule has 0 aliphatic carbocycles. The number of hydrogen-bond acceptors (Lipinski definition) is 4. The number of rotatable bonds is 2. The van der Waals surface area contributed by atoms with E-state index in [0.29, 0.717) is 5.69 Å². The van der Waals surface area contributed by atoms with E-state index in [-0.39, 0.29) is 5.71 Å². The van der Waals surface area contributed by atoms with Crippen LogP contribution in [0, 0.1) is 22.7 Å². The van der Waals surface area contributed by atoms with E-state index in [1.54, 1.807) is 24.3 Å². The van der Waals surface area contributed by atoms with Crippen molar-refractivity contribution in [2.24, 2.45) is 4.99 Å². The minimum absolute atomic E-state index is 0.132. The van der Waals surface area contributed by atoms with Gasteiger partial charge in [0.05, 0.1) is 5.69 Å². The van der Waals surface area contributed by atoms with Gasteiger partial charge in [-0.25, -0.2) is 4.99 Å². The van der Waals surface area contributed by atoms with Gasteiger partial charge in [-0.1, -0.05) is 0 Å². The van der Waals surface area contributed by atoms with Crippen LogP contribution in [0.1, 0.15) is 0 Å². The molecule has 0 atom stereocenters. The summed E-state index contributed by atoms with van der Waals surface area (Å²) < 4.78 is 0. The molecule has 0 heterocycles. The first-order chi connectivity index (χ1) is 7.17. The lowest BCUT2D eigenvalue weighted by Crippen LogP contribution is -2.07. The van der Waals surface area contributed by atoms with Gasteiger partial charge in [0.15, 0.2) is 0 Å². The minimum atomic E-state index is -0.132. The molecule has 0 fully saturated rings. The lowest BCUT2D eigenvalue weighted by atomic mass is 10.2. The maximum atomic E-state index is 8.52. The summed E-state index contributed by atoms with van der Waals surface area (Å²) in [6, 6.07) is 10.7. The molecule has 0 saturated carbocycles. The van der Waals surface area contributed by atoms with E-state index >= 15 is 0 Å².